The molecule has 1 aliphatic carbocycles. The Morgan fingerprint density at radius 2 is 1.59 bits per heavy atom. The van der Waals surface area contributed by atoms with E-state index in [1.54, 1.807) is 4.90 Å². The lowest BCUT2D eigenvalue weighted by Crippen LogP contribution is -2.52. The molecule has 1 atom stereocenters. The first-order chi connectivity index (χ1) is 20.0. The third-order valence-corrected chi connectivity index (χ3v) is 7.69. The fraction of sp³-hybridized carbons (Fsp3) is 0.412. The first-order valence-electron chi connectivity index (χ1n) is 14.7. The Labute approximate surface area is 249 Å². The van der Waals surface area contributed by atoms with Crippen LogP contribution in [-0.4, -0.2) is 42.0 Å². The number of ether oxygens (including phenoxy) is 2. The van der Waals surface area contributed by atoms with Crippen LogP contribution < -0.4 is 14.8 Å². The average Bonchev–Trinajstić information content (AvgIpc) is 3.48. The molecule has 41 heavy (non-hydrogen) atoms. The van der Waals surface area contributed by atoms with Crippen LogP contribution in [-0.2, 0) is 29.0 Å². The molecule has 0 radical (unpaired) electrons. The summed E-state index contributed by atoms with van der Waals surface area (Å²) < 4.78 is 11.5. The number of nitrogens with zero attached hydrogens (tertiary/aromatic N) is 1. The van der Waals surface area contributed by atoms with Crippen molar-refractivity contribution < 1.29 is 19.1 Å². The summed E-state index contributed by atoms with van der Waals surface area (Å²) >= 11 is 6.31. The maximum Gasteiger partial charge on any atom is 0.243 e. The van der Waals surface area contributed by atoms with Crippen molar-refractivity contribution in [3.63, 3.8) is 0 Å². The number of amides is 2. The highest BCUT2D eigenvalue weighted by Crippen LogP contribution is 2.29. The molecule has 0 aromatic heterocycles. The molecule has 1 fully saturated rings. The lowest BCUT2D eigenvalue weighted by Gasteiger charge is -2.32. The van der Waals surface area contributed by atoms with Crippen LogP contribution in [0.4, 0.5) is 0 Å². The van der Waals surface area contributed by atoms with Crippen LogP contribution in [0, 0.1) is 0 Å². The molecule has 1 N–H and O–H groups in total. The van der Waals surface area contributed by atoms with Crippen molar-refractivity contribution in [2.75, 3.05) is 13.2 Å². The van der Waals surface area contributed by atoms with Crippen molar-refractivity contribution in [3.8, 4) is 11.5 Å². The minimum Gasteiger partial charge on any atom is -0.490 e. The van der Waals surface area contributed by atoms with Gasteiger partial charge in [-0.1, -0.05) is 73.0 Å². The van der Waals surface area contributed by atoms with Gasteiger partial charge >= 0.3 is 0 Å². The molecule has 7 heteroatoms. The molecular formula is C34H41ClN2O4. The standard InChI is InChI=1S/C34H41ClN2O4/c1-3-40-31-19-17-26(23-32(31)41-4-2)18-20-33(38)37(24-27-13-10-14-28(35)21-27)30(22-25-11-6-5-7-12-25)34(39)36-29-15-8-9-16-29/h5-7,10-14,17,19,21,23,29-30H,3-4,8-9,15-16,18,20,22,24H2,1-2H3,(H,36,39). The van der Waals surface area contributed by atoms with Crippen LogP contribution in [0.25, 0.3) is 0 Å². The Morgan fingerprint density at radius 3 is 2.29 bits per heavy atom. The van der Waals surface area contributed by atoms with Crippen LogP contribution in [0.2, 0.25) is 5.02 Å². The van der Waals surface area contributed by atoms with Gasteiger partial charge in [0.05, 0.1) is 13.2 Å². The smallest absolute Gasteiger partial charge is 0.243 e. The molecule has 3 aromatic rings. The Balaban J connectivity index is 1.60. The molecule has 0 heterocycles. The number of hydrogen-bond acceptors (Lipinski definition) is 4. The summed E-state index contributed by atoms with van der Waals surface area (Å²) in [5.74, 6) is 1.18. The quantitative estimate of drug-likeness (QED) is 0.230. The molecule has 1 aliphatic rings. The van der Waals surface area contributed by atoms with Crippen LogP contribution in [0.3, 0.4) is 0 Å². The highest BCUT2D eigenvalue weighted by molar-refractivity contribution is 6.30. The summed E-state index contributed by atoms with van der Waals surface area (Å²) in [6.45, 7) is 5.23. The first-order valence-corrected chi connectivity index (χ1v) is 15.1. The van der Waals surface area contributed by atoms with E-state index in [-0.39, 0.29) is 24.3 Å². The molecule has 0 saturated heterocycles. The summed E-state index contributed by atoms with van der Waals surface area (Å²) in [5, 5.41) is 3.86. The van der Waals surface area contributed by atoms with E-state index in [0.29, 0.717) is 49.1 Å². The Kier molecular flexibility index (Phi) is 11.5. The van der Waals surface area contributed by atoms with Crippen molar-refractivity contribution >= 4 is 23.4 Å². The Hall–Kier alpha value is -3.51. The minimum absolute atomic E-state index is 0.0840. The molecule has 0 spiro atoms. The lowest BCUT2D eigenvalue weighted by atomic mass is 10.0. The van der Waals surface area contributed by atoms with Gasteiger partial charge in [0.1, 0.15) is 6.04 Å². The predicted molar refractivity (Wildman–Crippen MR) is 163 cm³/mol. The van der Waals surface area contributed by atoms with Crippen molar-refractivity contribution in [3.05, 3.63) is 94.5 Å². The molecular weight excluding hydrogens is 536 g/mol. The molecule has 1 unspecified atom stereocenters. The van der Waals surface area contributed by atoms with Gasteiger partial charge < -0.3 is 19.7 Å². The SMILES string of the molecule is CCOc1ccc(CCC(=O)N(Cc2cccc(Cl)c2)C(Cc2ccccc2)C(=O)NC2CCCC2)cc1OCC. The van der Waals surface area contributed by atoms with E-state index in [9.17, 15) is 9.59 Å². The van der Waals surface area contributed by atoms with Gasteiger partial charge in [0.25, 0.3) is 0 Å². The number of hydrogen-bond donors (Lipinski definition) is 1. The third kappa shape index (κ3) is 8.99. The third-order valence-electron chi connectivity index (χ3n) is 7.45. The van der Waals surface area contributed by atoms with Gasteiger partial charge in [0.15, 0.2) is 11.5 Å². The summed E-state index contributed by atoms with van der Waals surface area (Å²) in [4.78, 5) is 29.6. The maximum atomic E-state index is 14.0. The Morgan fingerprint density at radius 1 is 0.878 bits per heavy atom. The van der Waals surface area contributed by atoms with Crippen molar-refractivity contribution in [1.29, 1.82) is 0 Å². The van der Waals surface area contributed by atoms with E-state index in [0.717, 1.165) is 42.4 Å². The van der Waals surface area contributed by atoms with Crippen LogP contribution in [0.15, 0.2) is 72.8 Å². The zero-order chi connectivity index (χ0) is 29.0. The number of benzene rings is 3. The highest BCUT2D eigenvalue weighted by atomic mass is 35.5. The van der Waals surface area contributed by atoms with Gasteiger partial charge in [-0.25, -0.2) is 0 Å². The fourth-order valence-corrected chi connectivity index (χ4v) is 5.61. The van der Waals surface area contributed by atoms with E-state index >= 15 is 0 Å². The summed E-state index contributed by atoms with van der Waals surface area (Å²) in [6.07, 6.45) is 5.39. The number of carbonyl (C=O) groups is 2. The summed E-state index contributed by atoms with van der Waals surface area (Å²) in [7, 11) is 0. The van der Waals surface area contributed by atoms with Gasteiger partial charge in [-0.2, -0.15) is 0 Å². The van der Waals surface area contributed by atoms with Gasteiger partial charge in [-0.05, 0) is 74.1 Å². The molecule has 0 bridgehead atoms. The van der Waals surface area contributed by atoms with Gasteiger partial charge in [0.2, 0.25) is 11.8 Å². The molecule has 1 saturated carbocycles. The molecule has 6 nitrogen and oxygen atoms in total. The number of carbonyl (C=O) groups excluding carboxylic acids is 2. The molecule has 0 aliphatic heterocycles. The first kappa shape index (κ1) is 30.4. The Bertz CT molecular complexity index is 1280. The zero-order valence-corrected chi connectivity index (χ0v) is 24.9. The van der Waals surface area contributed by atoms with Gasteiger partial charge in [0, 0.05) is 30.5 Å². The second kappa shape index (κ2) is 15.5. The topological polar surface area (TPSA) is 67.9 Å². The zero-order valence-electron chi connectivity index (χ0n) is 24.1. The van der Waals surface area contributed by atoms with E-state index < -0.39 is 6.04 Å². The summed E-state index contributed by atoms with van der Waals surface area (Å²) in [6, 6.07) is 22.7. The predicted octanol–water partition coefficient (Wildman–Crippen LogP) is 6.77. The summed E-state index contributed by atoms with van der Waals surface area (Å²) in [5.41, 5.74) is 2.87. The van der Waals surface area contributed by atoms with E-state index in [1.165, 1.54) is 0 Å². The van der Waals surface area contributed by atoms with E-state index in [1.807, 2.05) is 86.6 Å². The van der Waals surface area contributed by atoms with Crippen molar-refractivity contribution in [2.24, 2.45) is 0 Å². The average molecular weight is 577 g/mol. The van der Waals surface area contributed by atoms with Crippen molar-refractivity contribution in [2.45, 2.75) is 77.4 Å². The fourth-order valence-electron chi connectivity index (χ4n) is 5.40. The molecule has 218 valence electrons. The van der Waals surface area contributed by atoms with Crippen LogP contribution >= 0.6 is 11.6 Å². The number of halogens is 1. The van der Waals surface area contributed by atoms with E-state index in [4.69, 9.17) is 21.1 Å². The normalized spacial score (nSPS) is 13.9. The number of nitrogens with one attached hydrogen (secondary N) is 1. The monoisotopic (exact) mass is 576 g/mol. The van der Waals surface area contributed by atoms with Gasteiger partial charge in [-0.3, -0.25) is 9.59 Å². The number of rotatable bonds is 14. The van der Waals surface area contributed by atoms with Crippen LogP contribution in [0.1, 0.15) is 62.6 Å². The number of aryl methyl sites for hydroxylation is 1. The lowest BCUT2D eigenvalue weighted by molar-refractivity contribution is -0.141. The largest absolute Gasteiger partial charge is 0.490 e. The highest BCUT2D eigenvalue weighted by Gasteiger charge is 2.32. The van der Waals surface area contributed by atoms with E-state index in [2.05, 4.69) is 5.32 Å². The van der Waals surface area contributed by atoms with Crippen LogP contribution in [0.5, 0.6) is 11.5 Å². The minimum atomic E-state index is -0.649. The maximum absolute atomic E-state index is 14.0. The molecule has 4 rings (SSSR count). The second-order valence-corrected chi connectivity index (χ2v) is 10.9. The molecule has 2 amide bonds. The second-order valence-electron chi connectivity index (χ2n) is 10.5. The van der Waals surface area contributed by atoms with Crippen molar-refractivity contribution in [1.82, 2.24) is 10.2 Å². The van der Waals surface area contributed by atoms with Gasteiger partial charge in [-0.15, -0.1) is 0 Å². The molecule has 3 aromatic carbocycles.